The van der Waals surface area contributed by atoms with Crippen molar-refractivity contribution in [3.63, 3.8) is 0 Å². The minimum atomic E-state index is -1.37. The van der Waals surface area contributed by atoms with Gasteiger partial charge < -0.3 is 16.0 Å². The van der Waals surface area contributed by atoms with Crippen LogP contribution >= 0.6 is 0 Å². The second kappa shape index (κ2) is 10.5. The number of aryl methyl sites for hydroxylation is 1. The van der Waals surface area contributed by atoms with Crippen LogP contribution in [0, 0.1) is 29.6 Å². The zero-order chi connectivity index (χ0) is 26.6. The summed E-state index contributed by atoms with van der Waals surface area (Å²) < 4.78 is 18.2. The molecule has 1 saturated heterocycles. The average Bonchev–Trinajstić information content (AvgIpc) is 3.16. The van der Waals surface area contributed by atoms with Gasteiger partial charge in [0.2, 0.25) is 5.91 Å². The second-order valence-electron chi connectivity index (χ2n) is 8.43. The molecule has 0 unspecified atom stereocenters. The first-order valence-electron chi connectivity index (χ1n) is 11.6. The Balaban J connectivity index is 0.000000861. The minimum Gasteiger partial charge on any atom is -0.375 e. The van der Waals surface area contributed by atoms with Crippen LogP contribution in [0.4, 0.5) is 10.1 Å². The van der Waals surface area contributed by atoms with Gasteiger partial charge in [-0.3, -0.25) is 14.3 Å². The van der Waals surface area contributed by atoms with Crippen LogP contribution in [0.3, 0.4) is 0 Å². The van der Waals surface area contributed by atoms with Crippen molar-refractivity contribution in [2.24, 2.45) is 18.2 Å². The Morgan fingerprint density at radius 3 is 2.44 bits per heavy atom. The van der Waals surface area contributed by atoms with E-state index in [0.717, 1.165) is 11.1 Å². The van der Waals surface area contributed by atoms with Gasteiger partial charge >= 0.3 is 0 Å². The molecule has 1 aliphatic heterocycles. The predicted octanol–water partition coefficient (Wildman–Crippen LogP) is 2.37. The molecule has 2 atom stereocenters. The van der Waals surface area contributed by atoms with Crippen LogP contribution in [0.15, 0.2) is 30.9 Å². The summed E-state index contributed by atoms with van der Waals surface area (Å²) in [7, 11) is 1.81. The Morgan fingerprint density at radius 2 is 1.89 bits per heavy atom. The van der Waals surface area contributed by atoms with Crippen molar-refractivity contribution in [2.45, 2.75) is 38.9 Å². The van der Waals surface area contributed by atoms with Gasteiger partial charge in [0.15, 0.2) is 0 Å². The number of carbonyl (C=O) groups excluding carboxylic acids is 2. The third kappa shape index (κ3) is 4.73. The van der Waals surface area contributed by atoms with Crippen LogP contribution < -0.4 is 11.1 Å². The Morgan fingerprint density at radius 1 is 1.19 bits per heavy atom. The number of rotatable bonds is 5. The molecule has 36 heavy (non-hydrogen) atoms. The summed E-state index contributed by atoms with van der Waals surface area (Å²) in [4.78, 5) is 26.1. The highest BCUT2D eigenvalue weighted by Crippen LogP contribution is 2.47. The first-order valence-corrected chi connectivity index (χ1v) is 11.6. The molecule has 11 heteroatoms. The van der Waals surface area contributed by atoms with Gasteiger partial charge in [0.1, 0.15) is 11.6 Å². The van der Waals surface area contributed by atoms with E-state index in [9.17, 15) is 19.2 Å². The number of nitriles is 1. The molecule has 0 spiro atoms. The van der Waals surface area contributed by atoms with Crippen molar-refractivity contribution in [2.75, 3.05) is 18.4 Å². The van der Waals surface area contributed by atoms with E-state index in [1.165, 1.54) is 11.1 Å². The van der Waals surface area contributed by atoms with Crippen LogP contribution in [0.5, 0.6) is 0 Å². The zero-order valence-corrected chi connectivity index (χ0v) is 20.5. The molecular weight excluding hydrogens is 463 g/mol. The topological polar surface area (TPSA) is 134 Å². The van der Waals surface area contributed by atoms with E-state index in [1.807, 2.05) is 33.2 Å². The number of fused-ring (bicyclic) bond motifs is 1. The van der Waals surface area contributed by atoms with E-state index in [4.69, 9.17) is 5.73 Å². The Bertz CT molecular complexity index is 1330. The SMILES string of the molecule is C#C.CC.Cn1cc(-c2cc3c(N[C@@H]4CN(C(=O)C5(C#N)CC5)C[C@@H]4F)c(C(N)=O)cnn3c2)cn1. The molecule has 5 rings (SSSR count). The Hall–Kier alpha value is -4.38. The van der Waals surface area contributed by atoms with E-state index in [2.05, 4.69) is 34.4 Å². The van der Waals surface area contributed by atoms with Crippen molar-refractivity contribution >= 4 is 23.0 Å². The maximum atomic E-state index is 14.9. The maximum Gasteiger partial charge on any atom is 0.252 e. The molecule has 0 aromatic carbocycles. The van der Waals surface area contributed by atoms with Gasteiger partial charge in [0, 0.05) is 37.1 Å². The van der Waals surface area contributed by atoms with Crippen LogP contribution in [-0.4, -0.2) is 61.4 Å². The highest BCUT2D eigenvalue weighted by molar-refractivity contribution is 6.02. The Kier molecular flexibility index (Phi) is 7.64. The predicted molar refractivity (Wildman–Crippen MR) is 133 cm³/mol. The van der Waals surface area contributed by atoms with Crippen molar-refractivity contribution < 1.29 is 14.0 Å². The molecule has 0 bridgehead atoms. The van der Waals surface area contributed by atoms with E-state index in [0.29, 0.717) is 24.0 Å². The van der Waals surface area contributed by atoms with E-state index in [1.54, 1.807) is 21.6 Å². The number of aromatic nitrogens is 4. The van der Waals surface area contributed by atoms with E-state index >= 15 is 0 Å². The molecule has 0 radical (unpaired) electrons. The summed E-state index contributed by atoms with van der Waals surface area (Å²) in [5, 5.41) is 20.8. The highest BCUT2D eigenvalue weighted by atomic mass is 19.1. The van der Waals surface area contributed by atoms with Crippen LogP contribution in [-0.2, 0) is 11.8 Å². The molecule has 2 amide bonds. The van der Waals surface area contributed by atoms with Gasteiger partial charge in [0.05, 0.1) is 47.8 Å². The summed E-state index contributed by atoms with van der Waals surface area (Å²) >= 11 is 0. The van der Waals surface area contributed by atoms with Gasteiger partial charge in [-0.1, -0.05) is 13.8 Å². The fourth-order valence-corrected chi connectivity index (χ4v) is 4.18. The lowest BCUT2D eigenvalue weighted by atomic mass is 10.1. The summed E-state index contributed by atoms with van der Waals surface area (Å²) in [5.74, 6) is -1.03. The third-order valence-corrected chi connectivity index (χ3v) is 6.18. The number of anilines is 1. The zero-order valence-electron chi connectivity index (χ0n) is 20.5. The number of primary amides is 1. The number of likely N-dealkylation sites (tertiary alicyclic amines) is 1. The van der Waals surface area contributed by atoms with Gasteiger partial charge in [-0.15, -0.1) is 12.8 Å². The van der Waals surface area contributed by atoms with Crippen LogP contribution in [0.2, 0.25) is 0 Å². The number of nitrogens with one attached hydrogen (secondary N) is 1. The molecule has 1 aliphatic carbocycles. The number of nitrogens with zero attached hydrogens (tertiary/aromatic N) is 6. The molecule has 2 fully saturated rings. The third-order valence-electron chi connectivity index (χ3n) is 6.18. The molecule has 188 valence electrons. The number of alkyl halides is 1. The lowest BCUT2D eigenvalue weighted by Crippen LogP contribution is -2.36. The highest BCUT2D eigenvalue weighted by Gasteiger charge is 2.54. The Labute approximate surface area is 208 Å². The van der Waals surface area contributed by atoms with Crippen molar-refractivity contribution in [3.05, 3.63) is 36.4 Å². The molecule has 1 saturated carbocycles. The molecule has 10 nitrogen and oxygen atoms in total. The standard InChI is InChI=1S/C21H21FN8O2.C2H6.C2H2/c1-28-7-13(5-25-28)12-4-17-18(14(19(24)31)6-26-30(17)8-12)27-16-10-29(9-15(16)22)20(32)21(11-23)2-3-21;2*1-2/h4-8,15-16,27H,2-3,9-10H2,1H3,(H2,24,31);1-2H3;1-2H/t15-,16+;;/m0../s1. The molecule has 3 aromatic heterocycles. The number of nitrogens with two attached hydrogens (primary N) is 1. The number of carbonyl (C=O) groups is 2. The van der Waals surface area contributed by atoms with Gasteiger partial charge in [-0.25, -0.2) is 8.91 Å². The molecule has 4 heterocycles. The molecule has 3 aromatic rings. The summed E-state index contributed by atoms with van der Waals surface area (Å²) in [5.41, 5.74) is 7.26. The first kappa shape index (κ1) is 26.2. The normalized spacial score (nSPS) is 19.3. The smallest absolute Gasteiger partial charge is 0.252 e. The lowest BCUT2D eigenvalue weighted by molar-refractivity contribution is -0.134. The van der Waals surface area contributed by atoms with Gasteiger partial charge in [-0.2, -0.15) is 15.5 Å². The first-order chi connectivity index (χ1) is 17.3. The molecular formula is C25H29FN8O2. The maximum absolute atomic E-state index is 14.9. The summed E-state index contributed by atoms with van der Waals surface area (Å²) in [6.45, 7) is 3.99. The second-order valence-corrected chi connectivity index (χ2v) is 8.43. The van der Waals surface area contributed by atoms with Crippen LogP contribution in [0.25, 0.3) is 16.6 Å². The van der Waals surface area contributed by atoms with Crippen molar-refractivity contribution in [1.82, 2.24) is 24.3 Å². The number of terminal acetylenes is 1. The number of amides is 2. The average molecular weight is 493 g/mol. The fraction of sp³-hybridized carbons (Fsp3) is 0.400. The van der Waals surface area contributed by atoms with Crippen molar-refractivity contribution in [1.29, 1.82) is 5.26 Å². The minimum absolute atomic E-state index is 0.0896. The monoisotopic (exact) mass is 492 g/mol. The van der Waals surface area contributed by atoms with E-state index in [-0.39, 0.29) is 24.6 Å². The number of halogens is 1. The molecule has 3 N–H and O–H groups in total. The van der Waals surface area contributed by atoms with Gasteiger partial charge in [-0.05, 0) is 18.9 Å². The van der Waals surface area contributed by atoms with Gasteiger partial charge in [0.25, 0.3) is 5.91 Å². The fourth-order valence-electron chi connectivity index (χ4n) is 4.18. The quantitative estimate of drug-likeness (QED) is 0.525. The van der Waals surface area contributed by atoms with Crippen molar-refractivity contribution in [3.8, 4) is 30.0 Å². The molecule has 2 aliphatic rings. The summed E-state index contributed by atoms with van der Waals surface area (Å²) in [6.07, 6.45) is 14.3. The van der Waals surface area contributed by atoms with Crippen LogP contribution in [0.1, 0.15) is 37.0 Å². The number of hydrogen-bond acceptors (Lipinski definition) is 6. The number of hydrogen-bond donors (Lipinski definition) is 2. The summed E-state index contributed by atoms with van der Waals surface area (Å²) in [6, 6.07) is 3.13. The van der Waals surface area contributed by atoms with E-state index < -0.39 is 23.5 Å². The lowest BCUT2D eigenvalue weighted by Gasteiger charge is -2.20. The largest absolute Gasteiger partial charge is 0.375 e.